The molecule has 0 spiro atoms. The van der Waals surface area contributed by atoms with Crippen molar-refractivity contribution < 1.29 is 4.79 Å². The summed E-state index contributed by atoms with van der Waals surface area (Å²) in [5.74, 6) is 0.964. The molecular formula is C15H18N4O. The van der Waals surface area contributed by atoms with E-state index in [0.717, 1.165) is 35.7 Å². The van der Waals surface area contributed by atoms with Gasteiger partial charge < -0.3 is 10.2 Å². The number of hydrogen-bond acceptors (Lipinski definition) is 3. The highest BCUT2D eigenvalue weighted by atomic mass is 16.2. The van der Waals surface area contributed by atoms with Crippen molar-refractivity contribution >= 4 is 23.1 Å². The molecule has 1 aromatic heterocycles. The van der Waals surface area contributed by atoms with E-state index in [-0.39, 0.29) is 5.91 Å². The van der Waals surface area contributed by atoms with Gasteiger partial charge in [0.15, 0.2) is 5.82 Å². The highest BCUT2D eigenvalue weighted by molar-refractivity contribution is 6.03. The van der Waals surface area contributed by atoms with E-state index in [1.807, 2.05) is 47.0 Å². The zero-order valence-corrected chi connectivity index (χ0v) is 11.8. The largest absolute Gasteiger partial charge is 0.320 e. The first-order chi connectivity index (χ1) is 9.70. The van der Waals surface area contributed by atoms with Gasteiger partial charge in [0.25, 0.3) is 0 Å². The summed E-state index contributed by atoms with van der Waals surface area (Å²) in [6.07, 6.45) is 1.87. The van der Waals surface area contributed by atoms with Crippen LogP contribution in [0.25, 0.3) is 0 Å². The van der Waals surface area contributed by atoms with E-state index >= 15 is 0 Å². The van der Waals surface area contributed by atoms with Crippen molar-refractivity contribution in [2.24, 2.45) is 7.05 Å². The number of para-hydroxylation sites is 1. The van der Waals surface area contributed by atoms with Crippen LogP contribution in [0.15, 0.2) is 30.3 Å². The number of aromatic nitrogens is 2. The van der Waals surface area contributed by atoms with E-state index in [0.29, 0.717) is 6.54 Å². The van der Waals surface area contributed by atoms with Crippen molar-refractivity contribution in [3.8, 4) is 0 Å². The molecule has 0 fully saturated rings. The number of anilines is 3. The minimum Gasteiger partial charge on any atom is -0.320 e. The number of nitrogens with one attached hydrogen (secondary N) is 1. The predicted octanol–water partition coefficient (Wildman–Crippen LogP) is 2.46. The number of carbonyl (C=O) groups is 1. The second-order valence-electron chi connectivity index (χ2n) is 4.99. The zero-order chi connectivity index (χ0) is 14.1. The summed E-state index contributed by atoms with van der Waals surface area (Å²) in [4.78, 5) is 14.0. The van der Waals surface area contributed by atoms with Crippen molar-refractivity contribution in [1.82, 2.24) is 9.78 Å². The lowest BCUT2D eigenvalue weighted by molar-refractivity contribution is -0.115. The van der Waals surface area contributed by atoms with E-state index in [1.165, 1.54) is 0 Å². The van der Waals surface area contributed by atoms with Gasteiger partial charge in [-0.3, -0.25) is 9.48 Å². The van der Waals surface area contributed by atoms with Crippen LogP contribution in [0.4, 0.5) is 17.2 Å². The first-order valence-corrected chi connectivity index (χ1v) is 6.89. The number of amides is 1. The van der Waals surface area contributed by atoms with Crippen LogP contribution in [0, 0.1) is 0 Å². The first kappa shape index (κ1) is 12.7. The SMILES string of the molecule is CCCc1nn(C)c2c1NC(=O)CN2c1ccccc1. The van der Waals surface area contributed by atoms with E-state index < -0.39 is 0 Å². The Balaban J connectivity index is 2.10. The van der Waals surface area contributed by atoms with Crippen LogP contribution in [0.1, 0.15) is 19.0 Å². The Morgan fingerprint density at radius 1 is 1.30 bits per heavy atom. The van der Waals surface area contributed by atoms with Gasteiger partial charge in [-0.2, -0.15) is 5.10 Å². The van der Waals surface area contributed by atoms with Crippen LogP contribution in [0.2, 0.25) is 0 Å². The van der Waals surface area contributed by atoms with Gasteiger partial charge >= 0.3 is 0 Å². The fourth-order valence-corrected chi connectivity index (χ4v) is 2.64. The molecule has 0 atom stereocenters. The van der Waals surface area contributed by atoms with E-state index in [2.05, 4.69) is 17.3 Å². The van der Waals surface area contributed by atoms with E-state index in [9.17, 15) is 4.79 Å². The summed E-state index contributed by atoms with van der Waals surface area (Å²) < 4.78 is 1.85. The summed E-state index contributed by atoms with van der Waals surface area (Å²) in [6.45, 7) is 2.43. The Hall–Kier alpha value is -2.30. The second-order valence-corrected chi connectivity index (χ2v) is 4.99. The Morgan fingerprint density at radius 3 is 2.75 bits per heavy atom. The molecule has 0 radical (unpaired) electrons. The van der Waals surface area contributed by atoms with Gasteiger partial charge in [0.2, 0.25) is 5.91 Å². The molecule has 1 amide bonds. The van der Waals surface area contributed by atoms with Crippen molar-refractivity contribution in [3.63, 3.8) is 0 Å². The second kappa shape index (κ2) is 5.00. The van der Waals surface area contributed by atoms with Gasteiger partial charge in [-0.1, -0.05) is 31.5 Å². The standard InChI is InChI=1S/C15H18N4O/c1-3-7-12-14-15(18(2)17-12)19(10-13(20)16-14)11-8-5-4-6-9-11/h4-6,8-9H,3,7,10H2,1-2H3,(H,16,20). The molecule has 5 nitrogen and oxygen atoms in total. The fourth-order valence-electron chi connectivity index (χ4n) is 2.64. The fraction of sp³-hybridized carbons (Fsp3) is 0.333. The summed E-state index contributed by atoms with van der Waals surface area (Å²) in [5.41, 5.74) is 2.82. The molecule has 1 aliphatic heterocycles. The summed E-state index contributed by atoms with van der Waals surface area (Å²) in [5, 5.41) is 7.52. The maximum absolute atomic E-state index is 12.0. The number of benzene rings is 1. The smallest absolute Gasteiger partial charge is 0.244 e. The Morgan fingerprint density at radius 2 is 2.05 bits per heavy atom. The maximum atomic E-state index is 12.0. The lowest BCUT2D eigenvalue weighted by Gasteiger charge is -2.29. The quantitative estimate of drug-likeness (QED) is 0.932. The lowest BCUT2D eigenvalue weighted by Crippen LogP contribution is -2.36. The summed E-state index contributed by atoms with van der Waals surface area (Å²) >= 11 is 0. The molecule has 0 bridgehead atoms. The molecule has 2 aromatic rings. The lowest BCUT2D eigenvalue weighted by atomic mass is 10.2. The Bertz CT molecular complexity index is 633. The van der Waals surface area contributed by atoms with Crippen LogP contribution < -0.4 is 10.2 Å². The van der Waals surface area contributed by atoms with Gasteiger partial charge in [0, 0.05) is 12.7 Å². The highest BCUT2D eigenvalue weighted by Crippen LogP contribution is 2.37. The first-order valence-electron chi connectivity index (χ1n) is 6.89. The topological polar surface area (TPSA) is 50.2 Å². The molecule has 3 rings (SSSR count). The van der Waals surface area contributed by atoms with Gasteiger partial charge in [-0.25, -0.2) is 0 Å². The zero-order valence-electron chi connectivity index (χ0n) is 11.8. The predicted molar refractivity (Wildman–Crippen MR) is 79.3 cm³/mol. The molecule has 0 unspecified atom stereocenters. The Labute approximate surface area is 118 Å². The maximum Gasteiger partial charge on any atom is 0.244 e. The molecule has 0 saturated heterocycles. The van der Waals surface area contributed by atoms with E-state index in [1.54, 1.807) is 0 Å². The molecule has 1 aliphatic rings. The molecule has 104 valence electrons. The van der Waals surface area contributed by atoms with Crippen molar-refractivity contribution in [2.75, 3.05) is 16.8 Å². The van der Waals surface area contributed by atoms with Gasteiger partial charge in [0.05, 0.1) is 5.69 Å². The molecule has 0 saturated carbocycles. The number of aryl methyl sites for hydroxylation is 2. The molecule has 2 heterocycles. The van der Waals surface area contributed by atoms with Crippen LogP contribution in [0.3, 0.4) is 0 Å². The van der Waals surface area contributed by atoms with E-state index in [4.69, 9.17) is 0 Å². The molecule has 1 aromatic carbocycles. The molecule has 0 aliphatic carbocycles. The average molecular weight is 270 g/mol. The van der Waals surface area contributed by atoms with Crippen molar-refractivity contribution in [2.45, 2.75) is 19.8 Å². The normalized spacial score (nSPS) is 14.1. The number of nitrogens with zero attached hydrogens (tertiary/aromatic N) is 3. The summed E-state index contributed by atoms with van der Waals surface area (Å²) in [7, 11) is 1.92. The third-order valence-electron chi connectivity index (χ3n) is 3.47. The van der Waals surface area contributed by atoms with Crippen molar-refractivity contribution in [1.29, 1.82) is 0 Å². The number of hydrogen-bond donors (Lipinski definition) is 1. The molecular weight excluding hydrogens is 252 g/mol. The minimum absolute atomic E-state index is 0.00621. The van der Waals surface area contributed by atoms with Gasteiger partial charge in [-0.15, -0.1) is 0 Å². The van der Waals surface area contributed by atoms with Crippen LogP contribution in [-0.2, 0) is 18.3 Å². The van der Waals surface area contributed by atoms with Gasteiger partial charge in [-0.05, 0) is 18.6 Å². The minimum atomic E-state index is 0.00621. The number of rotatable bonds is 3. The van der Waals surface area contributed by atoms with Crippen LogP contribution in [-0.4, -0.2) is 22.2 Å². The van der Waals surface area contributed by atoms with Crippen LogP contribution >= 0.6 is 0 Å². The third kappa shape index (κ3) is 2.05. The highest BCUT2D eigenvalue weighted by Gasteiger charge is 2.29. The molecule has 5 heteroatoms. The molecule has 1 N–H and O–H groups in total. The monoisotopic (exact) mass is 270 g/mol. The van der Waals surface area contributed by atoms with Crippen LogP contribution in [0.5, 0.6) is 0 Å². The molecule has 20 heavy (non-hydrogen) atoms. The summed E-state index contributed by atoms with van der Waals surface area (Å²) in [6, 6.07) is 9.94. The number of carbonyl (C=O) groups excluding carboxylic acids is 1. The third-order valence-corrected chi connectivity index (χ3v) is 3.47. The van der Waals surface area contributed by atoms with Crippen molar-refractivity contribution in [3.05, 3.63) is 36.0 Å². The Kier molecular flexibility index (Phi) is 3.18. The average Bonchev–Trinajstić information content (AvgIpc) is 2.76. The number of fused-ring (bicyclic) bond motifs is 1. The van der Waals surface area contributed by atoms with Gasteiger partial charge in [0.1, 0.15) is 12.2 Å².